The van der Waals surface area contributed by atoms with Crippen molar-refractivity contribution in [3.63, 3.8) is 0 Å². The molecule has 0 atom stereocenters. The summed E-state index contributed by atoms with van der Waals surface area (Å²) < 4.78 is 5.19. The molecule has 0 heterocycles. The SMILES string of the molecule is COc1ccc(C=CCCS)cc1C. The van der Waals surface area contributed by atoms with Crippen LogP contribution >= 0.6 is 12.6 Å². The number of hydrogen-bond acceptors (Lipinski definition) is 2. The van der Waals surface area contributed by atoms with Crippen molar-refractivity contribution in [3.8, 4) is 5.75 Å². The zero-order valence-electron chi connectivity index (χ0n) is 8.66. The number of rotatable bonds is 4. The third-order valence-electron chi connectivity index (χ3n) is 2.02. The fraction of sp³-hybridized carbons (Fsp3) is 0.333. The molecular formula is C12H16OS. The van der Waals surface area contributed by atoms with Crippen LogP contribution in [-0.4, -0.2) is 12.9 Å². The van der Waals surface area contributed by atoms with Crippen molar-refractivity contribution in [3.05, 3.63) is 35.4 Å². The van der Waals surface area contributed by atoms with E-state index in [1.54, 1.807) is 7.11 Å². The normalized spacial score (nSPS) is 10.8. The van der Waals surface area contributed by atoms with Crippen LogP contribution < -0.4 is 4.74 Å². The molecule has 14 heavy (non-hydrogen) atoms. The molecule has 0 aromatic heterocycles. The van der Waals surface area contributed by atoms with E-state index in [4.69, 9.17) is 4.74 Å². The highest BCUT2D eigenvalue weighted by Crippen LogP contribution is 2.19. The van der Waals surface area contributed by atoms with Gasteiger partial charge in [0, 0.05) is 0 Å². The van der Waals surface area contributed by atoms with E-state index >= 15 is 0 Å². The number of ether oxygens (including phenoxy) is 1. The molecule has 0 aliphatic heterocycles. The van der Waals surface area contributed by atoms with Gasteiger partial charge in [-0.15, -0.1) is 0 Å². The molecule has 0 bridgehead atoms. The van der Waals surface area contributed by atoms with Gasteiger partial charge in [0.15, 0.2) is 0 Å². The minimum absolute atomic E-state index is 0.894. The van der Waals surface area contributed by atoms with E-state index in [0.717, 1.165) is 17.9 Å². The molecule has 0 N–H and O–H groups in total. The summed E-state index contributed by atoms with van der Waals surface area (Å²) >= 11 is 4.15. The summed E-state index contributed by atoms with van der Waals surface area (Å²) in [7, 11) is 1.69. The Morgan fingerprint density at radius 3 is 2.79 bits per heavy atom. The van der Waals surface area contributed by atoms with Gasteiger partial charge in [0.05, 0.1) is 7.11 Å². The van der Waals surface area contributed by atoms with Gasteiger partial charge in [-0.1, -0.05) is 18.2 Å². The van der Waals surface area contributed by atoms with Crippen LogP contribution in [0.15, 0.2) is 24.3 Å². The molecule has 0 unspecified atom stereocenters. The average Bonchev–Trinajstić information content (AvgIpc) is 2.18. The Bertz CT molecular complexity index is 318. The maximum absolute atomic E-state index is 5.19. The maximum atomic E-state index is 5.19. The molecule has 76 valence electrons. The molecule has 1 aromatic rings. The Hall–Kier alpha value is -0.890. The molecule has 0 aliphatic carbocycles. The summed E-state index contributed by atoms with van der Waals surface area (Å²) in [6, 6.07) is 6.17. The van der Waals surface area contributed by atoms with Crippen molar-refractivity contribution in [2.24, 2.45) is 0 Å². The summed E-state index contributed by atoms with van der Waals surface area (Å²) in [6.45, 7) is 2.05. The highest BCUT2D eigenvalue weighted by molar-refractivity contribution is 7.80. The van der Waals surface area contributed by atoms with Crippen LogP contribution in [0, 0.1) is 6.92 Å². The van der Waals surface area contributed by atoms with Crippen LogP contribution in [0.2, 0.25) is 0 Å². The summed E-state index contributed by atoms with van der Waals surface area (Å²) in [5.74, 6) is 1.84. The fourth-order valence-corrected chi connectivity index (χ4v) is 1.45. The van der Waals surface area contributed by atoms with Crippen molar-refractivity contribution in [1.29, 1.82) is 0 Å². The first-order valence-corrected chi connectivity index (χ1v) is 5.33. The van der Waals surface area contributed by atoms with E-state index in [1.807, 2.05) is 6.07 Å². The second-order valence-electron chi connectivity index (χ2n) is 3.14. The Balaban J connectivity index is 2.76. The molecule has 0 radical (unpaired) electrons. The molecular weight excluding hydrogens is 192 g/mol. The van der Waals surface area contributed by atoms with Gasteiger partial charge in [-0.3, -0.25) is 0 Å². The minimum Gasteiger partial charge on any atom is -0.496 e. The molecule has 1 aromatic carbocycles. The zero-order valence-corrected chi connectivity index (χ0v) is 9.55. The van der Waals surface area contributed by atoms with Crippen LogP contribution in [-0.2, 0) is 0 Å². The second-order valence-corrected chi connectivity index (χ2v) is 3.59. The first kappa shape index (κ1) is 11.2. The predicted molar refractivity (Wildman–Crippen MR) is 65.2 cm³/mol. The van der Waals surface area contributed by atoms with Gasteiger partial charge in [-0.2, -0.15) is 12.6 Å². The summed E-state index contributed by atoms with van der Waals surface area (Å²) in [5.41, 5.74) is 2.38. The van der Waals surface area contributed by atoms with E-state index in [0.29, 0.717) is 0 Å². The molecule has 0 aliphatic rings. The Morgan fingerprint density at radius 1 is 1.43 bits per heavy atom. The second kappa shape index (κ2) is 5.76. The monoisotopic (exact) mass is 208 g/mol. The fourth-order valence-electron chi connectivity index (χ4n) is 1.30. The number of methoxy groups -OCH3 is 1. The van der Waals surface area contributed by atoms with Gasteiger partial charge in [0.1, 0.15) is 5.75 Å². The zero-order chi connectivity index (χ0) is 10.4. The summed E-state index contributed by atoms with van der Waals surface area (Å²) in [5, 5.41) is 0. The number of allylic oxidation sites excluding steroid dienone is 1. The van der Waals surface area contributed by atoms with Crippen LogP contribution in [0.5, 0.6) is 5.75 Å². The smallest absolute Gasteiger partial charge is 0.121 e. The third kappa shape index (κ3) is 3.11. The van der Waals surface area contributed by atoms with E-state index in [1.165, 1.54) is 11.1 Å². The Morgan fingerprint density at radius 2 is 2.21 bits per heavy atom. The van der Waals surface area contributed by atoms with Crippen molar-refractivity contribution >= 4 is 18.7 Å². The van der Waals surface area contributed by atoms with Crippen LogP contribution in [0.3, 0.4) is 0 Å². The van der Waals surface area contributed by atoms with Crippen LogP contribution in [0.1, 0.15) is 17.5 Å². The first-order chi connectivity index (χ1) is 6.77. The number of aryl methyl sites for hydroxylation is 1. The molecule has 0 spiro atoms. The Kier molecular flexibility index (Phi) is 4.60. The average molecular weight is 208 g/mol. The molecule has 0 saturated heterocycles. The summed E-state index contributed by atoms with van der Waals surface area (Å²) in [6.07, 6.45) is 5.26. The molecule has 0 amide bonds. The molecule has 1 rings (SSSR count). The van der Waals surface area contributed by atoms with E-state index in [-0.39, 0.29) is 0 Å². The molecule has 0 saturated carbocycles. The topological polar surface area (TPSA) is 9.23 Å². The lowest BCUT2D eigenvalue weighted by Crippen LogP contribution is -1.86. The summed E-state index contributed by atoms with van der Waals surface area (Å²) in [4.78, 5) is 0. The van der Waals surface area contributed by atoms with Crippen molar-refractivity contribution in [2.45, 2.75) is 13.3 Å². The quantitative estimate of drug-likeness (QED) is 0.747. The maximum Gasteiger partial charge on any atom is 0.121 e. The third-order valence-corrected chi connectivity index (χ3v) is 2.28. The molecule has 0 fully saturated rings. The standard InChI is InChI=1S/C12H16OS/c1-10-9-11(5-3-4-8-14)6-7-12(10)13-2/h3,5-7,9,14H,4,8H2,1-2H3. The van der Waals surface area contributed by atoms with Gasteiger partial charge in [-0.25, -0.2) is 0 Å². The van der Waals surface area contributed by atoms with E-state index in [2.05, 4.69) is 43.8 Å². The lowest BCUT2D eigenvalue weighted by molar-refractivity contribution is 0.411. The minimum atomic E-state index is 0.894. The van der Waals surface area contributed by atoms with Gasteiger partial charge >= 0.3 is 0 Å². The van der Waals surface area contributed by atoms with Crippen molar-refractivity contribution in [2.75, 3.05) is 12.9 Å². The molecule has 2 heteroatoms. The van der Waals surface area contributed by atoms with Crippen molar-refractivity contribution in [1.82, 2.24) is 0 Å². The van der Waals surface area contributed by atoms with Gasteiger partial charge in [0.25, 0.3) is 0 Å². The lowest BCUT2D eigenvalue weighted by atomic mass is 10.1. The van der Waals surface area contributed by atoms with Crippen LogP contribution in [0.4, 0.5) is 0 Å². The predicted octanol–water partition coefficient (Wildman–Crippen LogP) is 3.34. The number of hydrogen-bond donors (Lipinski definition) is 1. The largest absolute Gasteiger partial charge is 0.496 e. The number of benzene rings is 1. The highest BCUT2D eigenvalue weighted by atomic mass is 32.1. The van der Waals surface area contributed by atoms with Gasteiger partial charge < -0.3 is 4.74 Å². The number of thiol groups is 1. The Labute approximate surface area is 91.2 Å². The van der Waals surface area contributed by atoms with Crippen LogP contribution in [0.25, 0.3) is 6.08 Å². The highest BCUT2D eigenvalue weighted by Gasteiger charge is 1.96. The first-order valence-electron chi connectivity index (χ1n) is 4.70. The lowest BCUT2D eigenvalue weighted by Gasteiger charge is -2.04. The van der Waals surface area contributed by atoms with Gasteiger partial charge in [-0.05, 0) is 42.4 Å². The van der Waals surface area contributed by atoms with E-state index < -0.39 is 0 Å². The van der Waals surface area contributed by atoms with E-state index in [9.17, 15) is 0 Å². The van der Waals surface area contributed by atoms with Gasteiger partial charge in [0.2, 0.25) is 0 Å². The molecule has 1 nitrogen and oxygen atoms in total. The van der Waals surface area contributed by atoms with Crippen molar-refractivity contribution < 1.29 is 4.74 Å².